The number of amidine groups is 1. The van der Waals surface area contributed by atoms with Crippen LogP contribution in [0.25, 0.3) is 0 Å². The summed E-state index contributed by atoms with van der Waals surface area (Å²) in [6, 6.07) is 12.0. The summed E-state index contributed by atoms with van der Waals surface area (Å²) in [5, 5.41) is 10.4. The minimum absolute atomic E-state index is 0. The van der Waals surface area contributed by atoms with Crippen molar-refractivity contribution in [2.24, 2.45) is 11.6 Å². The molecule has 0 atom stereocenters. The lowest BCUT2D eigenvalue weighted by Crippen LogP contribution is -2.39. The molecule has 7 N–H and O–H groups in total. The second-order valence-electron chi connectivity index (χ2n) is 6.21. The third-order valence-corrected chi connectivity index (χ3v) is 4.17. The Morgan fingerprint density at radius 2 is 1.68 bits per heavy atom. The van der Waals surface area contributed by atoms with E-state index >= 15 is 0 Å². The molecule has 0 radical (unpaired) electrons. The van der Waals surface area contributed by atoms with Crippen LogP contribution in [0, 0.1) is 5.41 Å². The third-order valence-electron chi connectivity index (χ3n) is 4.17. The largest absolute Gasteiger partial charge is 0.416 e. The number of nitrogens with one attached hydrogen (secondary N) is 3. The van der Waals surface area contributed by atoms with E-state index in [0.717, 1.165) is 38.2 Å². The van der Waals surface area contributed by atoms with Crippen LogP contribution in [0.1, 0.15) is 25.4 Å². The molecule has 9 heteroatoms. The Morgan fingerprint density at radius 3 is 2.18 bits per heavy atom. The van der Waals surface area contributed by atoms with E-state index in [0.29, 0.717) is 23.0 Å². The Labute approximate surface area is 163 Å². The minimum Gasteiger partial charge on any atom is -0.384 e. The zero-order chi connectivity index (χ0) is 20.6. The highest BCUT2D eigenvalue weighted by Crippen LogP contribution is 2.30. The molecule has 2 aromatic carbocycles. The molecule has 0 aromatic heterocycles. The van der Waals surface area contributed by atoms with Crippen LogP contribution in [-0.4, -0.2) is 25.1 Å². The Kier molecular flexibility index (Phi) is 7.80. The van der Waals surface area contributed by atoms with Crippen LogP contribution in [0.15, 0.2) is 48.5 Å². The lowest BCUT2D eigenvalue weighted by molar-refractivity contribution is -0.137. The summed E-state index contributed by atoms with van der Waals surface area (Å²) in [6.07, 6.45) is -2.25. The normalized spacial score (nSPS) is 14.7. The summed E-state index contributed by atoms with van der Waals surface area (Å²) in [6.45, 7) is 1.71. The highest BCUT2D eigenvalue weighted by molar-refractivity contribution is 6.00. The van der Waals surface area contributed by atoms with Crippen molar-refractivity contribution in [3.8, 4) is 0 Å². The zero-order valence-electron chi connectivity index (χ0n) is 15.2. The van der Waals surface area contributed by atoms with Crippen molar-refractivity contribution in [3.05, 3.63) is 59.7 Å². The van der Waals surface area contributed by atoms with E-state index in [9.17, 15) is 13.2 Å². The molecule has 0 saturated carbocycles. The fraction of sp³-hybridized carbons (Fsp3) is 0.316. The molecule has 0 spiro atoms. The predicted octanol–water partition coefficient (Wildman–Crippen LogP) is 3.61. The van der Waals surface area contributed by atoms with Crippen LogP contribution >= 0.6 is 0 Å². The number of para-hydroxylation sites is 1. The number of nitrogens with two attached hydrogens (primary N) is 2. The van der Waals surface area contributed by atoms with Crippen LogP contribution in [-0.2, 0) is 10.9 Å². The Hall–Kier alpha value is -2.62. The lowest BCUT2D eigenvalue weighted by Gasteiger charge is -2.20. The van der Waals surface area contributed by atoms with E-state index in [-0.39, 0.29) is 7.26 Å². The first-order valence-electron chi connectivity index (χ1n) is 8.73. The quantitative estimate of drug-likeness (QED) is 0.234. The van der Waals surface area contributed by atoms with Crippen LogP contribution in [0.5, 0.6) is 0 Å². The molecular weight excluding hydrogens is 371 g/mol. The number of rotatable bonds is 4. The van der Waals surface area contributed by atoms with Crippen molar-refractivity contribution < 1.29 is 19.3 Å². The predicted molar refractivity (Wildman–Crippen MR) is 105 cm³/mol. The molecular formula is C19H26F3N5O. The van der Waals surface area contributed by atoms with E-state index in [2.05, 4.69) is 10.7 Å². The number of anilines is 2. The lowest BCUT2D eigenvalue weighted by atomic mass is 10.1. The molecule has 0 bridgehead atoms. The zero-order valence-corrected chi connectivity index (χ0v) is 15.2. The first-order valence-corrected chi connectivity index (χ1v) is 8.73. The van der Waals surface area contributed by atoms with Crippen molar-refractivity contribution in [2.45, 2.75) is 25.1 Å². The van der Waals surface area contributed by atoms with Gasteiger partial charge in [0, 0.05) is 37.6 Å². The first-order chi connectivity index (χ1) is 13.3. The summed E-state index contributed by atoms with van der Waals surface area (Å²) < 4.78 is 42.5. The maximum atomic E-state index is 12.5. The van der Waals surface area contributed by atoms with Gasteiger partial charge in [-0.25, -0.2) is 0 Å². The summed E-state index contributed by atoms with van der Waals surface area (Å²) in [5.74, 6) is 5.09. The smallest absolute Gasteiger partial charge is 0.384 e. The Bertz CT molecular complexity index is 765. The molecule has 0 aliphatic carbocycles. The van der Waals surface area contributed by atoms with Crippen molar-refractivity contribution >= 4 is 17.2 Å². The molecule has 3 rings (SSSR count). The topological polar surface area (TPSA) is 109 Å². The number of benzene rings is 2. The summed E-state index contributed by atoms with van der Waals surface area (Å²) >= 11 is 0. The number of alkyl halides is 3. The highest BCUT2D eigenvalue weighted by atomic mass is 19.4. The molecule has 0 amide bonds. The van der Waals surface area contributed by atoms with Gasteiger partial charge >= 0.3 is 6.18 Å². The monoisotopic (exact) mass is 397 g/mol. The van der Waals surface area contributed by atoms with Gasteiger partial charge in [0.1, 0.15) is 5.84 Å². The second-order valence-corrected chi connectivity index (χ2v) is 6.21. The van der Waals surface area contributed by atoms with Crippen molar-refractivity contribution in [1.29, 1.82) is 5.41 Å². The van der Waals surface area contributed by atoms with Gasteiger partial charge < -0.3 is 15.8 Å². The van der Waals surface area contributed by atoms with Crippen LogP contribution < -0.4 is 22.3 Å². The van der Waals surface area contributed by atoms with E-state index in [1.54, 1.807) is 24.3 Å². The third kappa shape index (κ3) is 6.52. The number of ether oxygens (including phenoxy) is 1. The van der Waals surface area contributed by atoms with Gasteiger partial charge in [0.25, 0.3) is 0 Å². The van der Waals surface area contributed by atoms with Crippen molar-refractivity contribution in [3.63, 3.8) is 0 Å². The van der Waals surface area contributed by atoms with Gasteiger partial charge in [-0.3, -0.25) is 16.7 Å². The number of hydrogen-bond donors (Lipinski definition) is 5. The number of halogens is 3. The highest BCUT2D eigenvalue weighted by Gasteiger charge is 2.29. The van der Waals surface area contributed by atoms with E-state index in [1.165, 1.54) is 12.1 Å². The van der Waals surface area contributed by atoms with Gasteiger partial charge in [-0.15, -0.1) is 0 Å². The molecule has 154 valence electrons. The second kappa shape index (κ2) is 10.1. The summed E-state index contributed by atoms with van der Waals surface area (Å²) in [5.41, 5.74) is 9.02. The molecule has 0 unspecified atom stereocenters. The van der Waals surface area contributed by atoms with Crippen molar-refractivity contribution in [1.82, 2.24) is 5.43 Å². The fourth-order valence-electron chi connectivity index (χ4n) is 2.59. The van der Waals surface area contributed by atoms with Gasteiger partial charge in [0.2, 0.25) is 0 Å². The van der Waals surface area contributed by atoms with Gasteiger partial charge in [-0.05, 0) is 49.2 Å². The molecule has 1 aliphatic rings. The van der Waals surface area contributed by atoms with E-state index in [4.69, 9.17) is 21.7 Å². The van der Waals surface area contributed by atoms with Gasteiger partial charge in [-0.1, -0.05) is 12.1 Å². The molecule has 6 nitrogen and oxygen atoms in total. The SMILES string of the molecule is N=C(N)c1ccccc1Nc1ccc(C(F)(F)F)cc1.NNC1CCOCC1.[HH]. The fourth-order valence-corrected chi connectivity index (χ4v) is 2.59. The van der Waals surface area contributed by atoms with Crippen LogP contribution in [0.3, 0.4) is 0 Å². The first kappa shape index (κ1) is 21.7. The summed E-state index contributed by atoms with van der Waals surface area (Å²) in [7, 11) is 0. The Balaban J connectivity index is 0.000000394. The van der Waals surface area contributed by atoms with E-state index in [1.807, 2.05) is 0 Å². The molecule has 1 saturated heterocycles. The van der Waals surface area contributed by atoms with Gasteiger partial charge in [0.15, 0.2) is 0 Å². The Morgan fingerprint density at radius 1 is 1.07 bits per heavy atom. The summed E-state index contributed by atoms with van der Waals surface area (Å²) in [4.78, 5) is 0. The van der Waals surface area contributed by atoms with E-state index < -0.39 is 11.7 Å². The molecule has 1 aliphatic heterocycles. The van der Waals surface area contributed by atoms with Crippen LogP contribution in [0.2, 0.25) is 0 Å². The van der Waals surface area contributed by atoms with Crippen LogP contribution in [0.4, 0.5) is 24.5 Å². The molecule has 1 fully saturated rings. The van der Waals surface area contributed by atoms with Crippen molar-refractivity contribution in [2.75, 3.05) is 18.5 Å². The maximum Gasteiger partial charge on any atom is 0.416 e. The maximum absolute atomic E-state index is 12.5. The van der Waals surface area contributed by atoms with Gasteiger partial charge in [0.05, 0.1) is 5.56 Å². The number of hydrazine groups is 1. The number of nitrogen functional groups attached to an aromatic ring is 1. The number of hydrogen-bond acceptors (Lipinski definition) is 5. The van der Waals surface area contributed by atoms with Gasteiger partial charge in [-0.2, -0.15) is 13.2 Å². The molecule has 2 aromatic rings. The average Bonchev–Trinajstić information content (AvgIpc) is 2.69. The standard InChI is InChI=1S/C14H12F3N3.C5H12N2O.H2/c15-14(16,17)9-5-7-10(8-6-9)20-12-4-2-1-3-11(12)13(18)19;6-7-5-1-3-8-4-2-5;/h1-8,20H,(H3,18,19);5,7H,1-4,6H2;1H. The minimum atomic E-state index is -4.35. The molecule has 28 heavy (non-hydrogen) atoms. The molecule has 1 heterocycles. The average molecular weight is 397 g/mol.